The molecular formula is C19H19F3N2O. The monoisotopic (exact) mass is 348 g/mol. The zero-order valence-corrected chi connectivity index (χ0v) is 13.6. The molecule has 0 bridgehead atoms. The summed E-state index contributed by atoms with van der Waals surface area (Å²) < 4.78 is 39.0. The van der Waals surface area contributed by atoms with Gasteiger partial charge in [-0.15, -0.1) is 0 Å². The van der Waals surface area contributed by atoms with Gasteiger partial charge in [-0.05, 0) is 37.1 Å². The molecule has 3 nitrogen and oxygen atoms in total. The van der Waals surface area contributed by atoms with Crippen LogP contribution in [0.3, 0.4) is 0 Å². The van der Waals surface area contributed by atoms with Gasteiger partial charge < -0.3 is 10.2 Å². The number of nitrogens with zero attached hydrogens (tertiary/aromatic N) is 1. The van der Waals surface area contributed by atoms with Crippen molar-refractivity contribution in [3.05, 3.63) is 60.2 Å². The molecule has 1 aliphatic rings. The number of amides is 1. The third-order valence-corrected chi connectivity index (χ3v) is 4.38. The maximum Gasteiger partial charge on any atom is 0.393 e. The molecule has 0 aromatic heterocycles. The average Bonchev–Trinajstić information content (AvgIpc) is 2.62. The number of anilines is 2. The molecule has 1 saturated heterocycles. The quantitative estimate of drug-likeness (QED) is 0.860. The van der Waals surface area contributed by atoms with Gasteiger partial charge >= 0.3 is 6.18 Å². The number of piperidine rings is 1. The molecule has 0 aliphatic carbocycles. The van der Waals surface area contributed by atoms with Crippen LogP contribution in [0.25, 0.3) is 0 Å². The lowest BCUT2D eigenvalue weighted by atomic mass is 9.96. The van der Waals surface area contributed by atoms with Crippen LogP contribution < -0.4 is 5.32 Å². The van der Waals surface area contributed by atoms with Crippen LogP contribution in [0.4, 0.5) is 24.5 Å². The van der Waals surface area contributed by atoms with Crippen molar-refractivity contribution in [3.63, 3.8) is 0 Å². The van der Waals surface area contributed by atoms with Gasteiger partial charge in [-0.1, -0.05) is 30.3 Å². The van der Waals surface area contributed by atoms with E-state index in [-0.39, 0.29) is 18.9 Å². The van der Waals surface area contributed by atoms with Crippen molar-refractivity contribution < 1.29 is 18.0 Å². The Labute approximate surface area is 144 Å². The highest BCUT2D eigenvalue weighted by Gasteiger charge is 2.42. The predicted octanol–water partition coefficient (Wildman–Crippen LogP) is 4.84. The molecule has 0 spiro atoms. The van der Waals surface area contributed by atoms with Crippen molar-refractivity contribution >= 4 is 17.3 Å². The number of nitrogens with one attached hydrogen (secondary N) is 1. The summed E-state index contributed by atoms with van der Waals surface area (Å²) in [6, 6.07) is 16.2. The van der Waals surface area contributed by atoms with E-state index in [0.29, 0.717) is 24.2 Å². The SMILES string of the molecule is O=C(c1ccccc1Nc1ccccc1)N1CCCC(C(F)(F)F)C1. The second-order valence-corrected chi connectivity index (χ2v) is 6.17. The molecule has 0 radical (unpaired) electrons. The van der Waals surface area contributed by atoms with E-state index in [1.54, 1.807) is 24.3 Å². The minimum absolute atomic E-state index is 0.0805. The molecule has 1 amide bonds. The maximum atomic E-state index is 13.0. The first kappa shape index (κ1) is 17.3. The van der Waals surface area contributed by atoms with Gasteiger partial charge in [0.05, 0.1) is 17.2 Å². The van der Waals surface area contributed by atoms with Crippen molar-refractivity contribution in [2.24, 2.45) is 5.92 Å². The number of alkyl halides is 3. The van der Waals surface area contributed by atoms with Crippen molar-refractivity contribution in [3.8, 4) is 0 Å². The van der Waals surface area contributed by atoms with E-state index < -0.39 is 12.1 Å². The van der Waals surface area contributed by atoms with Crippen LogP contribution in [0.5, 0.6) is 0 Å². The summed E-state index contributed by atoms with van der Waals surface area (Å²) in [6.45, 7) is 0.0765. The topological polar surface area (TPSA) is 32.3 Å². The molecule has 6 heteroatoms. The van der Waals surface area contributed by atoms with Crippen LogP contribution in [0.1, 0.15) is 23.2 Å². The zero-order valence-electron chi connectivity index (χ0n) is 13.6. The summed E-state index contributed by atoms with van der Waals surface area (Å²) in [5.41, 5.74) is 1.79. The summed E-state index contributed by atoms with van der Waals surface area (Å²) in [4.78, 5) is 14.1. The van der Waals surface area contributed by atoms with Crippen LogP contribution >= 0.6 is 0 Å². The Balaban J connectivity index is 1.80. The fourth-order valence-corrected chi connectivity index (χ4v) is 3.05. The highest BCUT2D eigenvalue weighted by molar-refractivity contribution is 6.00. The number of carbonyl (C=O) groups excluding carboxylic acids is 1. The summed E-state index contributed by atoms with van der Waals surface area (Å²) in [7, 11) is 0. The third-order valence-electron chi connectivity index (χ3n) is 4.38. The molecular weight excluding hydrogens is 329 g/mol. The number of halogens is 3. The number of para-hydroxylation sites is 2. The average molecular weight is 348 g/mol. The third kappa shape index (κ3) is 4.13. The van der Waals surface area contributed by atoms with Crippen LogP contribution in [-0.2, 0) is 0 Å². The lowest BCUT2D eigenvalue weighted by Crippen LogP contribution is -2.44. The summed E-state index contributed by atoms with van der Waals surface area (Å²) in [6.07, 6.45) is -3.82. The van der Waals surface area contributed by atoms with Crippen molar-refractivity contribution in [2.75, 3.05) is 18.4 Å². The molecule has 1 aliphatic heterocycles. The number of likely N-dealkylation sites (tertiary alicyclic amines) is 1. The molecule has 1 atom stereocenters. The number of hydrogen-bond donors (Lipinski definition) is 1. The molecule has 1 N–H and O–H groups in total. The summed E-state index contributed by atoms with van der Waals surface area (Å²) >= 11 is 0. The van der Waals surface area contributed by atoms with E-state index in [4.69, 9.17) is 0 Å². The molecule has 0 saturated carbocycles. The first-order valence-electron chi connectivity index (χ1n) is 8.22. The molecule has 1 fully saturated rings. The van der Waals surface area contributed by atoms with E-state index >= 15 is 0 Å². The first-order valence-corrected chi connectivity index (χ1v) is 8.22. The summed E-state index contributed by atoms with van der Waals surface area (Å²) in [5.74, 6) is -1.81. The number of rotatable bonds is 3. The Kier molecular flexibility index (Phi) is 4.97. The Morgan fingerprint density at radius 1 is 1.04 bits per heavy atom. The Hall–Kier alpha value is -2.50. The summed E-state index contributed by atoms with van der Waals surface area (Å²) in [5, 5.41) is 3.16. The number of carbonyl (C=O) groups is 1. The van der Waals surface area contributed by atoms with Gasteiger partial charge in [0.25, 0.3) is 5.91 Å². The zero-order chi connectivity index (χ0) is 17.9. The predicted molar refractivity (Wildman–Crippen MR) is 90.8 cm³/mol. The second kappa shape index (κ2) is 7.17. The normalized spacial score (nSPS) is 18.0. The minimum Gasteiger partial charge on any atom is -0.355 e. The van der Waals surface area contributed by atoms with Gasteiger partial charge in [-0.3, -0.25) is 4.79 Å². The first-order chi connectivity index (χ1) is 11.9. The number of hydrogen-bond acceptors (Lipinski definition) is 2. The molecule has 2 aromatic rings. The van der Waals surface area contributed by atoms with E-state index in [2.05, 4.69) is 5.32 Å². The van der Waals surface area contributed by atoms with Crippen molar-refractivity contribution in [1.29, 1.82) is 0 Å². The smallest absolute Gasteiger partial charge is 0.355 e. The highest BCUT2D eigenvalue weighted by atomic mass is 19.4. The van der Waals surface area contributed by atoms with E-state index in [1.165, 1.54) is 4.90 Å². The number of benzene rings is 2. The molecule has 1 heterocycles. The molecule has 25 heavy (non-hydrogen) atoms. The molecule has 1 unspecified atom stereocenters. The Morgan fingerprint density at radius 3 is 2.44 bits per heavy atom. The molecule has 132 valence electrons. The van der Waals surface area contributed by atoms with E-state index in [1.807, 2.05) is 30.3 Å². The fourth-order valence-electron chi connectivity index (χ4n) is 3.05. The van der Waals surface area contributed by atoms with Crippen molar-refractivity contribution in [1.82, 2.24) is 4.90 Å². The van der Waals surface area contributed by atoms with Crippen LogP contribution in [-0.4, -0.2) is 30.1 Å². The Bertz CT molecular complexity index is 731. The fraction of sp³-hybridized carbons (Fsp3) is 0.316. The van der Waals surface area contributed by atoms with Crippen LogP contribution in [0, 0.1) is 5.92 Å². The maximum absolute atomic E-state index is 13.0. The minimum atomic E-state index is -4.26. The lowest BCUT2D eigenvalue weighted by Gasteiger charge is -2.34. The molecule has 3 rings (SSSR count). The second-order valence-electron chi connectivity index (χ2n) is 6.17. The van der Waals surface area contributed by atoms with Gasteiger partial charge in [0, 0.05) is 18.8 Å². The van der Waals surface area contributed by atoms with Gasteiger partial charge in [-0.25, -0.2) is 0 Å². The molecule has 2 aromatic carbocycles. The van der Waals surface area contributed by atoms with Crippen molar-refractivity contribution in [2.45, 2.75) is 19.0 Å². The Morgan fingerprint density at radius 2 is 1.72 bits per heavy atom. The largest absolute Gasteiger partial charge is 0.393 e. The van der Waals surface area contributed by atoms with Crippen LogP contribution in [0.2, 0.25) is 0 Å². The van der Waals surface area contributed by atoms with Gasteiger partial charge in [0.1, 0.15) is 0 Å². The standard InChI is InChI=1S/C19H19F3N2O/c20-19(21,22)14-7-6-12-24(13-14)18(25)16-10-4-5-11-17(16)23-15-8-2-1-3-9-15/h1-5,8-11,14,23H,6-7,12-13H2. The lowest BCUT2D eigenvalue weighted by molar-refractivity contribution is -0.184. The van der Waals surface area contributed by atoms with Gasteiger partial charge in [-0.2, -0.15) is 13.2 Å². The van der Waals surface area contributed by atoms with Gasteiger partial charge in [0.15, 0.2) is 0 Å². The highest BCUT2D eigenvalue weighted by Crippen LogP contribution is 2.34. The van der Waals surface area contributed by atoms with E-state index in [0.717, 1.165) is 5.69 Å². The van der Waals surface area contributed by atoms with Gasteiger partial charge in [0.2, 0.25) is 0 Å². The van der Waals surface area contributed by atoms with E-state index in [9.17, 15) is 18.0 Å². The van der Waals surface area contributed by atoms with Crippen LogP contribution in [0.15, 0.2) is 54.6 Å².